The van der Waals surface area contributed by atoms with E-state index in [0.29, 0.717) is 16.9 Å². The maximum absolute atomic E-state index is 6.32. The standard InChI is InChI=1S/C19H33NO2/c1-18(2)10-15-6-7-19(18,11-15)12-17-21-14-16(22-17)13-20-8-4-3-5-9-20/h15-17H,3-14H2,1-2H3/p+1/t15-,16-,17+,19-/m0/s1. The lowest BCUT2D eigenvalue weighted by atomic mass is 9.63. The third-order valence-corrected chi connectivity index (χ3v) is 7.39. The average Bonchev–Trinajstić information content (AvgIpc) is 3.14. The van der Waals surface area contributed by atoms with Crippen LogP contribution in [0.2, 0.25) is 0 Å². The van der Waals surface area contributed by atoms with Gasteiger partial charge in [0.15, 0.2) is 6.29 Å². The minimum absolute atomic E-state index is 0.0744. The molecule has 1 N–H and O–H groups in total. The van der Waals surface area contributed by atoms with Crippen LogP contribution in [0.5, 0.6) is 0 Å². The zero-order valence-corrected chi connectivity index (χ0v) is 14.5. The molecular formula is C19H34NO2+. The normalized spacial score (nSPS) is 44.7. The Morgan fingerprint density at radius 1 is 1.09 bits per heavy atom. The molecule has 0 amide bonds. The Balaban J connectivity index is 1.31. The molecule has 126 valence electrons. The molecule has 22 heavy (non-hydrogen) atoms. The molecule has 0 aromatic rings. The Morgan fingerprint density at radius 3 is 2.59 bits per heavy atom. The zero-order chi connectivity index (χ0) is 15.2. The van der Waals surface area contributed by atoms with Crippen LogP contribution < -0.4 is 4.90 Å². The quantitative estimate of drug-likeness (QED) is 0.862. The Labute approximate surface area is 135 Å². The summed E-state index contributed by atoms with van der Waals surface area (Å²) in [5, 5.41) is 0. The first-order chi connectivity index (χ1) is 10.6. The van der Waals surface area contributed by atoms with E-state index in [-0.39, 0.29) is 6.29 Å². The van der Waals surface area contributed by atoms with Gasteiger partial charge >= 0.3 is 0 Å². The molecule has 2 bridgehead atoms. The number of quaternary nitrogens is 1. The predicted molar refractivity (Wildman–Crippen MR) is 86.8 cm³/mol. The highest BCUT2D eigenvalue weighted by Crippen LogP contribution is 2.66. The highest BCUT2D eigenvalue weighted by molar-refractivity contribution is 5.06. The molecule has 0 unspecified atom stereocenters. The van der Waals surface area contributed by atoms with E-state index in [1.54, 1.807) is 4.90 Å². The number of likely N-dealkylation sites (tertiary alicyclic amines) is 1. The highest BCUT2D eigenvalue weighted by atomic mass is 16.7. The van der Waals surface area contributed by atoms with Gasteiger partial charge in [0.05, 0.1) is 19.7 Å². The van der Waals surface area contributed by atoms with Crippen molar-refractivity contribution < 1.29 is 14.4 Å². The van der Waals surface area contributed by atoms with Gasteiger partial charge in [-0.25, -0.2) is 0 Å². The molecule has 0 spiro atoms. The highest BCUT2D eigenvalue weighted by Gasteiger charge is 2.57. The number of hydrogen-bond donors (Lipinski definition) is 1. The molecule has 3 heteroatoms. The van der Waals surface area contributed by atoms with E-state index in [9.17, 15) is 0 Å². The van der Waals surface area contributed by atoms with Crippen molar-refractivity contribution in [2.45, 2.75) is 77.6 Å². The van der Waals surface area contributed by atoms with Crippen molar-refractivity contribution >= 4 is 0 Å². The van der Waals surface area contributed by atoms with Crippen LogP contribution in [0.4, 0.5) is 0 Å². The van der Waals surface area contributed by atoms with Crippen LogP contribution in [0, 0.1) is 16.7 Å². The van der Waals surface area contributed by atoms with Gasteiger partial charge in [0, 0.05) is 6.42 Å². The SMILES string of the molecule is CC1(C)C[C@@H]2CC[C@@]1(C[C@@H]1OC[C@H](C[NH+]3CCCCC3)O1)C2. The summed E-state index contributed by atoms with van der Waals surface area (Å²) in [4.78, 5) is 1.74. The van der Waals surface area contributed by atoms with E-state index >= 15 is 0 Å². The molecule has 4 rings (SSSR count). The van der Waals surface area contributed by atoms with E-state index in [2.05, 4.69) is 13.8 Å². The summed E-state index contributed by atoms with van der Waals surface area (Å²) in [5.41, 5.74) is 0.980. The van der Waals surface area contributed by atoms with Crippen molar-refractivity contribution in [3.05, 3.63) is 0 Å². The number of ether oxygens (including phenoxy) is 2. The maximum Gasteiger partial charge on any atom is 0.159 e. The van der Waals surface area contributed by atoms with Gasteiger partial charge < -0.3 is 14.4 Å². The molecule has 2 saturated carbocycles. The second-order valence-corrected chi connectivity index (χ2v) is 9.22. The summed E-state index contributed by atoms with van der Waals surface area (Å²) < 4.78 is 12.4. The third kappa shape index (κ3) is 2.74. The maximum atomic E-state index is 6.32. The van der Waals surface area contributed by atoms with Gasteiger partial charge in [-0.05, 0) is 61.7 Å². The van der Waals surface area contributed by atoms with Gasteiger partial charge in [-0.1, -0.05) is 13.8 Å². The van der Waals surface area contributed by atoms with Crippen LogP contribution >= 0.6 is 0 Å². The van der Waals surface area contributed by atoms with Crippen molar-refractivity contribution in [3.63, 3.8) is 0 Å². The minimum atomic E-state index is 0.0744. The molecular weight excluding hydrogens is 274 g/mol. The summed E-state index contributed by atoms with van der Waals surface area (Å²) in [7, 11) is 0. The zero-order valence-electron chi connectivity index (χ0n) is 14.5. The molecule has 2 heterocycles. The molecule has 4 fully saturated rings. The third-order valence-electron chi connectivity index (χ3n) is 7.39. The fourth-order valence-electron chi connectivity index (χ4n) is 6.04. The Morgan fingerprint density at radius 2 is 1.91 bits per heavy atom. The van der Waals surface area contributed by atoms with Crippen LogP contribution in [-0.4, -0.2) is 38.6 Å². The second-order valence-electron chi connectivity index (χ2n) is 9.22. The number of rotatable bonds is 4. The Kier molecular flexibility index (Phi) is 4.03. The minimum Gasteiger partial charge on any atom is -0.350 e. The van der Waals surface area contributed by atoms with Crippen LogP contribution in [-0.2, 0) is 9.47 Å². The van der Waals surface area contributed by atoms with Crippen molar-refractivity contribution in [3.8, 4) is 0 Å². The topological polar surface area (TPSA) is 22.9 Å². The first-order valence-electron chi connectivity index (χ1n) is 9.67. The molecule has 2 aliphatic heterocycles. The Bertz CT molecular complexity index is 404. The lowest BCUT2D eigenvalue weighted by molar-refractivity contribution is -0.907. The predicted octanol–water partition coefficient (Wildman–Crippen LogP) is 2.40. The van der Waals surface area contributed by atoms with Crippen LogP contribution in [0.25, 0.3) is 0 Å². The van der Waals surface area contributed by atoms with Gasteiger partial charge in [0.1, 0.15) is 12.6 Å². The van der Waals surface area contributed by atoms with E-state index in [0.717, 1.165) is 25.5 Å². The summed E-state index contributed by atoms with van der Waals surface area (Å²) in [5.74, 6) is 0.977. The van der Waals surface area contributed by atoms with Crippen LogP contribution in [0.15, 0.2) is 0 Å². The number of fused-ring (bicyclic) bond motifs is 2. The molecule has 0 aromatic carbocycles. The number of nitrogens with one attached hydrogen (secondary N) is 1. The number of piperidine rings is 1. The molecule has 4 aliphatic rings. The lowest BCUT2D eigenvalue weighted by Crippen LogP contribution is -3.13. The smallest absolute Gasteiger partial charge is 0.159 e. The van der Waals surface area contributed by atoms with Crippen LogP contribution in [0.1, 0.15) is 65.2 Å². The molecule has 2 saturated heterocycles. The largest absolute Gasteiger partial charge is 0.350 e. The molecule has 2 aliphatic carbocycles. The summed E-state index contributed by atoms with van der Waals surface area (Å²) in [6.07, 6.45) is 11.5. The molecule has 0 radical (unpaired) electrons. The monoisotopic (exact) mass is 308 g/mol. The van der Waals surface area contributed by atoms with E-state index < -0.39 is 0 Å². The van der Waals surface area contributed by atoms with E-state index in [1.165, 1.54) is 58.0 Å². The van der Waals surface area contributed by atoms with Gasteiger partial charge in [0.25, 0.3) is 0 Å². The van der Waals surface area contributed by atoms with Crippen molar-refractivity contribution in [1.29, 1.82) is 0 Å². The fraction of sp³-hybridized carbons (Fsp3) is 1.00. The molecule has 3 nitrogen and oxygen atoms in total. The van der Waals surface area contributed by atoms with E-state index in [4.69, 9.17) is 9.47 Å². The van der Waals surface area contributed by atoms with Gasteiger partial charge in [-0.2, -0.15) is 0 Å². The number of hydrogen-bond acceptors (Lipinski definition) is 2. The fourth-order valence-corrected chi connectivity index (χ4v) is 6.04. The van der Waals surface area contributed by atoms with Crippen molar-refractivity contribution in [1.82, 2.24) is 0 Å². The van der Waals surface area contributed by atoms with E-state index in [1.807, 2.05) is 0 Å². The summed E-state index contributed by atoms with van der Waals surface area (Å²) >= 11 is 0. The Hall–Kier alpha value is -0.120. The van der Waals surface area contributed by atoms with Crippen molar-refractivity contribution in [2.75, 3.05) is 26.2 Å². The average molecular weight is 308 g/mol. The van der Waals surface area contributed by atoms with Crippen LogP contribution in [0.3, 0.4) is 0 Å². The second kappa shape index (κ2) is 5.75. The molecule has 4 atom stereocenters. The van der Waals surface area contributed by atoms with Crippen molar-refractivity contribution in [2.24, 2.45) is 16.7 Å². The van der Waals surface area contributed by atoms with Gasteiger partial charge in [0.2, 0.25) is 0 Å². The summed E-state index contributed by atoms with van der Waals surface area (Å²) in [6.45, 7) is 9.63. The first kappa shape index (κ1) is 15.4. The summed E-state index contributed by atoms with van der Waals surface area (Å²) in [6, 6.07) is 0. The lowest BCUT2D eigenvalue weighted by Gasteiger charge is -2.43. The van der Waals surface area contributed by atoms with Gasteiger partial charge in [-0.15, -0.1) is 0 Å². The van der Waals surface area contributed by atoms with Gasteiger partial charge in [-0.3, -0.25) is 0 Å². The first-order valence-corrected chi connectivity index (χ1v) is 9.67. The molecule has 0 aromatic heterocycles.